The average molecular weight is 293 g/mol. The van der Waals surface area contributed by atoms with Crippen molar-refractivity contribution >= 4 is 24.2 Å². The maximum absolute atomic E-state index is 11.9. The number of carbonyl (C=O) groups excluding carboxylic acids is 2. The van der Waals surface area contributed by atoms with Crippen molar-refractivity contribution < 1.29 is 9.59 Å². The second kappa shape index (κ2) is 9.12. The number of amides is 2. The Morgan fingerprint density at radius 1 is 1.47 bits per heavy atom. The smallest absolute Gasteiger partial charge is 0.239 e. The van der Waals surface area contributed by atoms with E-state index >= 15 is 0 Å². The molecule has 1 rings (SSSR count). The molecule has 0 radical (unpaired) electrons. The highest BCUT2D eigenvalue weighted by atomic mass is 35.5. The van der Waals surface area contributed by atoms with Crippen molar-refractivity contribution in [3.05, 3.63) is 0 Å². The van der Waals surface area contributed by atoms with Gasteiger partial charge in [0.1, 0.15) is 0 Å². The number of hydrogen-bond acceptors (Lipinski definition) is 4. The van der Waals surface area contributed by atoms with E-state index in [2.05, 4.69) is 5.32 Å². The third kappa shape index (κ3) is 6.75. The number of halogens is 1. The van der Waals surface area contributed by atoms with Crippen molar-refractivity contribution in [2.24, 2.45) is 5.73 Å². The molecule has 0 aromatic carbocycles. The monoisotopic (exact) mass is 292 g/mol. The molecule has 0 aliphatic carbocycles. The Bertz CT molecular complexity index is 301. The van der Waals surface area contributed by atoms with Gasteiger partial charge in [-0.3, -0.25) is 14.5 Å². The Morgan fingerprint density at radius 2 is 2.16 bits per heavy atom. The van der Waals surface area contributed by atoms with Crippen LogP contribution < -0.4 is 11.1 Å². The summed E-state index contributed by atoms with van der Waals surface area (Å²) in [6.45, 7) is 4.75. The van der Waals surface area contributed by atoms with Gasteiger partial charge in [-0.1, -0.05) is 6.92 Å². The Labute approximate surface area is 121 Å². The first-order valence-electron chi connectivity index (χ1n) is 6.51. The highest BCUT2D eigenvalue weighted by Crippen LogP contribution is 2.06. The minimum atomic E-state index is -0.106. The van der Waals surface area contributed by atoms with Crippen molar-refractivity contribution in [1.29, 1.82) is 0 Å². The predicted octanol–water partition coefficient (Wildman–Crippen LogP) is -0.574. The van der Waals surface area contributed by atoms with E-state index in [0.29, 0.717) is 13.1 Å². The summed E-state index contributed by atoms with van der Waals surface area (Å²) in [5.74, 6) is -0.137. The van der Waals surface area contributed by atoms with E-state index in [1.165, 1.54) is 4.90 Å². The maximum Gasteiger partial charge on any atom is 0.239 e. The molecule has 2 amide bonds. The van der Waals surface area contributed by atoms with Crippen LogP contribution in [0.4, 0.5) is 0 Å². The molecule has 0 unspecified atom stereocenters. The largest absolute Gasteiger partial charge is 0.355 e. The molecule has 0 saturated carbocycles. The zero-order valence-corrected chi connectivity index (χ0v) is 12.5. The number of rotatable bonds is 6. The number of likely N-dealkylation sites (tertiary alicyclic amines) is 1. The lowest BCUT2D eigenvalue weighted by atomic mass is 10.3. The molecule has 1 atom stereocenters. The fraction of sp³-hybridized carbons (Fsp3) is 0.833. The highest BCUT2D eigenvalue weighted by molar-refractivity contribution is 5.85. The number of likely N-dealkylation sites (N-methyl/N-ethyl adjacent to an activating group) is 1. The third-order valence-corrected chi connectivity index (χ3v) is 3.05. The molecule has 0 aromatic rings. The van der Waals surface area contributed by atoms with E-state index in [0.717, 1.165) is 25.9 Å². The molecule has 1 fully saturated rings. The van der Waals surface area contributed by atoms with E-state index in [4.69, 9.17) is 5.73 Å². The van der Waals surface area contributed by atoms with E-state index in [1.54, 1.807) is 7.05 Å². The van der Waals surface area contributed by atoms with E-state index < -0.39 is 0 Å². The van der Waals surface area contributed by atoms with Crippen LogP contribution in [-0.2, 0) is 9.59 Å². The predicted molar refractivity (Wildman–Crippen MR) is 77.2 cm³/mol. The summed E-state index contributed by atoms with van der Waals surface area (Å²) in [6.07, 6.45) is 1.84. The van der Waals surface area contributed by atoms with Gasteiger partial charge in [-0.05, 0) is 12.8 Å². The van der Waals surface area contributed by atoms with Crippen LogP contribution in [0.15, 0.2) is 0 Å². The molecule has 1 heterocycles. The minimum Gasteiger partial charge on any atom is -0.355 e. The molecule has 112 valence electrons. The van der Waals surface area contributed by atoms with Crippen LogP contribution in [0.2, 0.25) is 0 Å². The van der Waals surface area contributed by atoms with E-state index in [1.807, 2.05) is 11.8 Å². The van der Waals surface area contributed by atoms with Gasteiger partial charge in [0.2, 0.25) is 11.8 Å². The summed E-state index contributed by atoms with van der Waals surface area (Å²) in [5.41, 5.74) is 5.78. The van der Waals surface area contributed by atoms with E-state index in [9.17, 15) is 9.59 Å². The Kier molecular flexibility index (Phi) is 8.71. The lowest BCUT2D eigenvalue weighted by molar-refractivity contribution is -0.135. The van der Waals surface area contributed by atoms with Crippen molar-refractivity contribution in [2.75, 3.05) is 39.8 Å². The fourth-order valence-electron chi connectivity index (χ4n) is 1.94. The first-order chi connectivity index (χ1) is 8.52. The van der Waals surface area contributed by atoms with Gasteiger partial charge >= 0.3 is 0 Å². The number of nitrogens with zero attached hydrogens (tertiary/aromatic N) is 2. The minimum absolute atomic E-state index is 0. The van der Waals surface area contributed by atoms with Crippen LogP contribution in [0.1, 0.15) is 19.8 Å². The number of nitrogens with two attached hydrogens (primary N) is 1. The molecule has 0 spiro atoms. The zero-order chi connectivity index (χ0) is 13.5. The molecule has 0 bridgehead atoms. The molecular formula is C12H25ClN4O2. The number of nitrogens with one attached hydrogen (secondary N) is 1. The molecule has 1 aliphatic heterocycles. The Morgan fingerprint density at radius 3 is 2.68 bits per heavy atom. The van der Waals surface area contributed by atoms with Gasteiger partial charge in [0.05, 0.1) is 13.1 Å². The van der Waals surface area contributed by atoms with Gasteiger partial charge in [0, 0.05) is 32.7 Å². The van der Waals surface area contributed by atoms with Crippen LogP contribution in [0.5, 0.6) is 0 Å². The standard InChI is InChI=1S/C12H24N4O2.ClH/c1-3-5-14-11(17)8-15(2)12(18)9-16-6-4-10(13)7-16;/h10H,3-9,13H2,1-2H3,(H,14,17);1H/t10-;/m1./s1. The second-order valence-corrected chi connectivity index (χ2v) is 4.88. The van der Waals surface area contributed by atoms with Gasteiger partial charge in [0.25, 0.3) is 0 Å². The molecule has 1 aliphatic rings. The summed E-state index contributed by atoms with van der Waals surface area (Å²) < 4.78 is 0. The zero-order valence-electron chi connectivity index (χ0n) is 11.7. The van der Waals surface area contributed by atoms with Crippen LogP contribution in [0.25, 0.3) is 0 Å². The summed E-state index contributed by atoms with van der Waals surface area (Å²) in [7, 11) is 1.66. The first-order valence-corrected chi connectivity index (χ1v) is 6.51. The SMILES string of the molecule is CCCNC(=O)CN(C)C(=O)CN1CC[C@@H](N)C1.Cl. The Balaban J connectivity index is 0.00000324. The first kappa shape index (κ1) is 18.1. The van der Waals surface area contributed by atoms with Crippen molar-refractivity contribution in [3.8, 4) is 0 Å². The van der Waals surface area contributed by atoms with Crippen LogP contribution >= 0.6 is 12.4 Å². The van der Waals surface area contributed by atoms with Gasteiger partial charge in [-0.2, -0.15) is 0 Å². The molecular weight excluding hydrogens is 268 g/mol. The normalized spacial score (nSPS) is 18.8. The molecule has 3 N–H and O–H groups in total. The van der Waals surface area contributed by atoms with Crippen LogP contribution in [-0.4, -0.2) is 67.4 Å². The molecule has 6 nitrogen and oxygen atoms in total. The summed E-state index contributed by atoms with van der Waals surface area (Å²) in [6, 6.07) is 0.177. The Hall–Kier alpha value is -0.850. The van der Waals surface area contributed by atoms with Crippen molar-refractivity contribution in [2.45, 2.75) is 25.8 Å². The van der Waals surface area contributed by atoms with Crippen molar-refractivity contribution in [3.63, 3.8) is 0 Å². The van der Waals surface area contributed by atoms with Crippen LogP contribution in [0.3, 0.4) is 0 Å². The van der Waals surface area contributed by atoms with Gasteiger partial charge in [-0.15, -0.1) is 12.4 Å². The summed E-state index contributed by atoms with van der Waals surface area (Å²) >= 11 is 0. The quantitative estimate of drug-likeness (QED) is 0.687. The van der Waals surface area contributed by atoms with E-state index in [-0.39, 0.29) is 36.8 Å². The fourth-order valence-corrected chi connectivity index (χ4v) is 1.94. The summed E-state index contributed by atoms with van der Waals surface area (Å²) in [4.78, 5) is 26.8. The average Bonchev–Trinajstić information content (AvgIpc) is 2.72. The van der Waals surface area contributed by atoms with Crippen molar-refractivity contribution in [1.82, 2.24) is 15.1 Å². The lowest BCUT2D eigenvalue weighted by Gasteiger charge is -2.21. The molecule has 7 heteroatoms. The molecule has 19 heavy (non-hydrogen) atoms. The second-order valence-electron chi connectivity index (χ2n) is 4.88. The lowest BCUT2D eigenvalue weighted by Crippen LogP contribution is -2.43. The number of carbonyl (C=O) groups is 2. The van der Waals surface area contributed by atoms with Crippen LogP contribution in [0, 0.1) is 0 Å². The molecule has 0 aromatic heterocycles. The molecule has 1 saturated heterocycles. The highest BCUT2D eigenvalue weighted by Gasteiger charge is 2.22. The van der Waals surface area contributed by atoms with Gasteiger partial charge in [-0.25, -0.2) is 0 Å². The third-order valence-electron chi connectivity index (χ3n) is 3.05. The van der Waals surface area contributed by atoms with Gasteiger partial charge < -0.3 is 16.0 Å². The number of hydrogen-bond donors (Lipinski definition) is 2. The topological polar surface area (TPSA) is 78.7 Å². The van der Waals surface area contributed by atoms with Gasteiger partial charge in [0.15, 0.2) is 0 Å². The summed E-state index contributed by atoms with van der Waals surface area (Å²) in [5, 5.41) is 2.75. The maximum atomic E-state index is 11.9.